The molecule has 6 nitrogen and oxygen atoms in total. The lowest BCUT2D eigenvalue weighted by Gasteiger charge is -2.22. The van der Waals surface area contributed by atoms with E-state index in [-0.39, 0.29) is 18.5 Å². The Morgan fingerprint density at radius 1 is 0.429 bits per heavy atom. The monoisotopic (exact) mass is 890 g/mol. The summed E-state index contributed by atoms with van der Waals surface area (Å²) in [5.74, 6) is -0.0485. The van der Waals surface area contributed by atoms with Crippen molar-refractivity contribution in [1.29, 1.82) is 0 Å². The van der Waals surface area contributed by atoms with Crippen LogP contribution in [0.3, 0.4) is 0 Å². The van der Waals surface area contributed by atoms with Crippen LogP contribution >= 0.6 is 0 Å². The van der Waals surface area contributed by atoms with Crippen LogP contribution in [0, 0.1) is 0 Å². The Balaban J connectivity index is 3.42. The summed E-state index contributed by atoms with van der Waals surface area (Å²) in [6, 6.07) is -0.548. The number of carbonyl (C=O) groups excluding carboxylic acids is 2. The molecule has 0 aromatic carbocycles. The zero-order chi connectivity index (χ0) is 45.8. The van der Waals surface area contributed by atoms with Gasteiger partial charge in [-0.1, -0.05) is 264 Å². The average molecular weight is 891 g/mol. The molecule has 0 saturated carbocycles. The number of allylic oxidation sites excluding steroid dienone is 2. The van der Waals surface area contributed by atoms with Crippen molar-refractivity contribution >= 4 is 11.9 Å². The number of hydrogen-bond donors (Lipinski definition) is 3. The van der Waals surface area contributed by atoms with E-state index in [0.29, 0.717) is 25.9 Å². The standard InChI is InChI=1S/C57H111NO5/c1-3-5-7-9-11-13-15-17-19-20-21-22-27-31-35-39-43-47-51-57(62)63-52-48-44-40-36-32-28-24-23-26-30-34-38-42-46-50-56(61)58-54(53-59)55(60)49-45-41-37-33-29-25-18-16-14-12-10-8-6-4-2/h19-20,54-55,59-60H,3-18,21-53H2,1-2H3,(H,58,61)/b20-19-. The van der Waals surface area contributed by atoms with Gasteiger partial charge in [0.05, 0.1) is 25.4 Å². The van der Waals surface area contributed by atoms with E-state index in [0.717, 1.165) is 51.4 Å². The number of esters is 1. The van der Waals surface area contributed by atoms with E-state index in [2.05, 4.69) is 31.3 Å². The number of aliphatic hydroxyl groups excluding tert-OH is 2. The van der Waals surface area contributed by atoms with Gasteiger partial charge in [-0.15, -0.1) is 0 Å². The summed E-state index contributed by atoms with van der Waals surface area (Å²) in [5.41, 5.74) is 0. The highest BCUT2D eigenvalue weighted by Crippen LogP contribution is 2.17. The second-order valence-electron chi connectivity index (χ2n) is 19.6. The largest absolute Gasteiger partial charge is 0.466 e. The number of aliphatic hydroxyl groups is 2. The summed E-state index contributed by atoms with van der Waals surface area (Å²) in [7, 11) is 0. The number of rotatable bonds is 53. The van der Waals surface area contributed by atoms with Gasteiger partial charge in [0.15, 0.2) is 0 Å². The highest BCUT2D eigenvalue weighted by molar-refractivity contribution is 5.76. The number of amides is 1. The molecule has 0 heterocycles. The van der Waals surface area contributed by atoms with Crippen LogP contribution in [0.25, 0.3) is 0 Å². The van der Waals surface area contributed by atoms with E-state index in [1.807, 2.05) is 0 Å². The fraction of sp³-hybridized carbons (Fsp3) is 0.930. The third-order valence-electron chi connectivity index (χ3n) is 13.3. The maximum atomic E-state index is 12.5. The van der Waals surface area contributed by atoms with Crippen LogP contribution in [0.2, 0.25) is 0 Å². The van der Waals surface area contributed by atoms with Crippen molar-refractivity contribution in [2.75, 3.05) is 13.2 Å². The van der Waals surface area contributed by atoms with Crippen LogP contribution in [0.1, 0.15) is 316 Å². The number of hydrogen-bond acceptors (Lipinski definition) is 5. The summed E-state index contributed by atoms with van der Waals surface area (Å²) in [6.07, 6.45) is 61.9. The minimum absolute atomic E-state index is 0.00446. The van der Waals surface area contributed by atoms with Crippen molar-refractivity contribution in [3.05, 3.63) is 12.2 Å². The lowest BCUT2D eigenvalue weighted by atomic mass is 10.0. The topological polar surface area (TPSA) is 95.9 Å². The average Bonchev–Trinajstić information content (AvgIpc) is 3.28. The molecular weight excluding hydrogens is 779 g/mol. The molecule has 0 spiro atoms. The Labute approximate surface area is 393 Å². The van der Waals surface area contributed by atoms with Crippen LogP contribution in [0.4, 0.5) is 0 Å². The highest BCUT2D eigenvalue weighted by atomic mass is 16.5. The van der Waals surface area contributed by atoms with Crippen LogP contribution in [0.5, 0.6) is 0 Å². The number of ether oxygens (including phenoxy) is 1. The molecule has 0 rings (SSSR count). The Hall–Kier alpha value is -1.40. The van der Waals surface area contributed by atoms with Crippen LogP contribution in [0.15, 0.2) is 12.2 Å². The molecule has 1 amide bonds. The predicted octanol–water partition coefficient (Wildman–Crippen LogP) is 17.3. The summed E-state index contributed by atoms with van der Waals surface area (Å²) in [6.45, 7) is 4.94. The zero-order valence-corrected chi connectivity index (χ0v) is 42.6. The molecule has 0 aliphatic carbocycles. The molecule has 2 unspecified atom stereocenters. The van der Waals surface area contributed by atoms with Gasteiger partial charge in [-0.25, -0.2) is 0 Å². The van der Waals surface area contributed by atoms with Gasteiger partial charge in [-0.2, -0.15) is 0 Å². The number of nitrogens with one attached hydrogen (secondary N) is 1. The second kappa shape index (κ2) is 53.2. The Bertz CT molecular complexity index is 939. The highest BCUT2D eigenvalue weighted by Gasteiger charge is 2.20. The first-order valence-corrected chi connectivity index (χ1v) is 28.4. The van der Waals surface area contributed by atoms with E-state index >= 15 is 0 Å². The van der Waals surface area contributed by atoms with Crippen molar-refractivity contribution in [2.45, 2.75) is 328 Å². The first-order valence-electron chi connectivity index (χ1n) is 28.4. The van der Waals surface area contributed by atoms with Crippen LogP contribution in [-0.2, 0) is 14.3 Å². The quantitative estimate of drug-likeness (QED) is 0.0321. The molecule has 6 heteroatoms. The maximum absolute atomic E-state index is 12.5. The third-order valence-corrected chi connectivity index (χ3v) is 13.3. The van der Waals surface area contributed by atoms with Gasteiger partial charge in [-0.05, 0) is 51.4 Å². The number of unbranched alkanes of at least 4 members (excludes halogenated alkanes) is 40. The van der Waals surface area contributed by atoms with Crippen molar-refractivity contribution in [2.24, 2.45) is 0 Å². The first-order chi connectivity index (χ1) is 31.0. The summed E-state index contributed by atoms with van der Waals surface area (Å²) in [4.78, 5) is 24.5. The molecule has 0 radical (unpaired) electrons. The first kappa shape index (κ1) is 61.6. The Kier molecular flexibility index (Phi) is 52.0. The second-order valence-corrected chi connectivity index (χ2v) is 19.6. The predicted molar refractivity (Wildman–Crippen MR) is 273 cm³/mol. The molecule has 0 aromatic heterocycles. The van der Waals surface area contributed by atoms with Gasteiger partial charge in [0.1, 0.15) is 0 Å². The number of carbonyl (C=O) groups is 2. The molecule has 0 aliphatic heterocycles. The molecule has 374 valence electrons. The Morgan fingerprint density at radius 3 is 1.13 bits per heavy atom. The summed E-state index contributed by atoms with van der Waals surface area (Å²) in [5, 5.41) is 23.2. The van der Waals surface area contributed by atoms with Crippen LogP contribution < -0.4 is 5.32 Å². The fourth-order valence-electron chi connectivity index (χ4n) is 8.93. The lowest BCUT2D eigenvalue weighted by molar-refractivity contribution is -0.143. The fourth-order valence-corrected chi connectivity index (χ4v) is 8.93. The molecule has 3 N–H and O–H groups in total. The molecule has 63 heavy (non-hydrogen) atoms. The van der Waals surface area contributed by atoms with Gasteiger partial charge < -0.3 is 20.3 Å². The van der Waals surface area contributed by atoms with Crippen molar-refractivity contribution in [3.63, 3.8) is 0 Å². The molecule has 0 aromatic rings. The van der Waals surface area contributed by atoms with Gasteiger partial charge >= 0.3 is 5.97 Å². The van der Waals surface area contributed by atoms with E-state index in [4.69, 9.17) is 4.74 Å². The summed E-state index contributed by atoms with van der Waals surface area (Å²) < 4.78 is 5.48. The minimum atomic E-state index is -0.670. The van der Waals surface area contributed by atoms with Gasteiger partial charge in [0, 0.05) is 12.8 Å². The SMILES string of the molecule is CCCCCCCCC/C=C\CCCCCCCCCC(=O)OCCCCCCCCCCCCCCCCC(=O)NC(CO)C(O)CCCCCCCCCCCCCCCC. The van der Waals surface area contributed by atoms with E-state index in [1.165, 1.54) is 231 Å². The third kappa shape index (κ3) is 49.9. The zero-order valence-electron chi connectivity index (χ0n) is 42.6. The smallest absolute Gasteiger partial charge is 0.305 e. The Morgan fingerprint density at radius 2 is 0.746 bits per heavy atom. The molecular formula is C57H111NO5. The van der Waals surface area contributed by atoms with Gasteiger partial charge in [-0.3, -0.25) is 9.59 Å². The van der Waals surface area contributed by atoms with E-state index < -0.39 is 12.1 Å². The lowest BCUT2D eigenvalue weighted by Crippen LogP contribution is -2.45. The van der Waals surface area contributed by atoms with Crippen molar-refractivity contribution in [3.8, 4) is 0 Å². The van der Waals surface area contributed by atoms with Crippen LogP contribution in [-0.4, -0.2) is 47.4 Å². The molecule has 0 aliphatic rings. The maximum Gasteiger partial charge on any atom is 0.305 e. The molecule has 0 bridgehead atoms. The van der Waals surface area contributed by atoms with Crippen molar-refractivity contribution in [1.82, 2.24) is 5.32 Å². The summed E-state index contributed by atoms with van der Waals surface area (Å²) >= 11 is 0. The van der Waals surface area contributed by atoms with E-state index in [9.17, 15) is 19.8 Å². The van der Waals surface area contributed by atoms with Gasteiger partial charge in [0.2, 0.25) is 5.91 Å². The molecule has 0 saturated heterocycles. The molecule has 0 fully saturated rings. The van der Waals surface area contributed by atoms with Crippen molar-refractivity contribution < 1.29 is 24.5 Å². The normalized spacial score (nSPS) is 12.6. The minimum Gasteiger partial charge on any atom is -0.466 e. The molecule has 2 atom stereocenters. The van der Waals surface area contributed by atoms with Gasteiger partial charge in [0.25, 0.3) is 0 Å². The van der Waals surface area contributed by atoms with E-state index in [1.54, 1.807) is 0 Å².